The highest BCUT2D eigenvalue weighted by atomic mass is 35.5. The maximum absolute atomic E-state index is 13.3. The molecular weight excluding hydrogens is 388 g/mol. The van der Waals surface area contributed by atoms with Gasteiger partial charge in [0.1, 0.15) is 11.0 Å². The first-order valence-electron chi connectivity index (χ1n) is 8.97. The van der Waals surface area contributed by atoms with E-state index in [4.69, 9.17) is 20.4 Å². The molecule has 0 aliphatic rings. The fourth-order valence-electron chi connectivity index (χ4n) is 3.48. The number of ketones is 1. The van der Waals surface area contributed by atoms with Gasteiger partial charge in [0, 0.05) is 16.1 Å². The molecule has 0 saturated carbocycles. The van der Waals surface area contributed by atoms with Crippen molar-refractivity contribution < 1.29 is 13.6 Å². The topological polar surface area (TPSA) is 60.4 Å². The first-order valence-corrected chi connectivity index (χ1v) is 9.35. The smallest absolute Gasteiger partial charge is 0.348 e. The van der Waals surface area contributed by atoms with E-state index in [1.54, 1.807) is 66.7 Å². The van der Waals surface area contributed by atoms with Gasteiger partial charge in [-0.3, -0.25) is 4.79 Å². The Morgan fingerprint density at radius 1 is 0.793 bits per heavy atom. The van der Waals surface area contributed by atoms with Gasteiger partial charge in [0.2, 0.25) is 5.78 Å². The lowest BCUT2D eigenvalue weighted by Gasteiger charge is -2.03. The minimum Gasteiger partial charge on any atom is -0.451 e. The SMILES string of the molecule is O=C(c1ccccc1)c1oc2c(c1-c1ccc(Cl)cc1)c(=O)oc1ccccc12. The minimum atomic E-state index is -0.556. The quantitative estimate of drug-likeness (QED) is 0.271. The molecule has 5 heteroatoms. The molecule has 5 rings (SSSR count). The van der Waals surface area contributed by atoms with E-state index in [0.717, 1.165) is 0 Å². The van der Waals surface area contributed by atoms with Gasteiger partial charge in [-0.2, -0.15) is 0 Å². The van der Waals surface area contributed by atoms with Crippen molar-refractivity contribution in [2.45, 2.75) is 0 Å². The van der Waals surface area contributed by atoms with Crippen LogP contribution in [0.25, 0.3) is 33.1 Å². The summed E-state index contributed by atoms with van der Waals surface area (Å²) in [6.07, 6.45) is 0. The van der Waals surface area contributed by atoms with Crippen molar-refractivity contribution in [1.29, 1.82) is 0 Å². The van der Waals surface area contributed by atoms with Crippen LogP contribution in [0.1, 0.15) is 16.1 Å². The van der Waals surface area contributed by atoms with E-state index in [0.29, 0.717) is 38.3 Å². The van der Waals surface area contributed by atoms with Gasteiger partial charge in [-0.25, -0.2) is 4.79 Å². The normalized spacial score (nSPS) is 11.2. The lowest BCUT2D eigenvalue weighted by Crippen LogP contribution is -2.03. The lowest BCUT2D eigenvalue weighted by molar-refractivity contribution is 0.101. The highest BCUT2D eigenvalue weighted by Gasteiger charge is 2.27. The summed E-state index contributed by atoms with van der Waals surface area (Å²) >= 11 is 6.03. The van der Waals surface area contributed by atoms with Gasteiger partial charge in [0.15, 0.2) is 11.3 Å². The van der Waals surface area contributed by atoms with E-state index in [1.807, 2.05) is 12.1 Å². The Morgan fingerprint density at radius 2 is 1.48 bits per heavy atom. The van der Waals surface area contributed by atoms with Crippen LogP contribution in [-0.2, 0) is 0 Å². The third kappa shape index (κ3) is 2.85. The molecule has 140 valence electrons. The number of rotatable bonds is 3. The van der Waals surface area contributed by atoms with E-state index >= 15 is 0 Å². The largest absolute Gasteiger partial charge is 0.451 e. The van der Waals surface area contributed by atoms with Gasteiger partial charge in [0.05, 0.1) is 5.39 Å². The molecule has 4 nitrogen and oxygen atoms in total. The highest BCUT2D eigenvalue weighted by molar-refractivity contribution is 6.30. The molecule has 3 aromatic carbocycles. The second-order valence-corrected chi connectivity index (χ2v) is 7.03. The van der Waals surface area contributed by atoms with Crippen molar-refractivity contribution in [3.63, 3.8) is 0 Å². The molecule has 0 N–H and O–H groups in total. The molecule has 0 aliphatic carbocycles. The Balaban J connectivity index is 1.90. The number of halogens is 1. The van der Waals surface area contributed by atoms with Crippen LogP contribution in [0.4, 0.5) is 0 Å². The molecule has 2 heterocycles. The van der Waals surface area contributed by atoms with Gasteiger partial charge in [-0.1, -0.05) is 66.2 Å². The third-order valence-corrected chi connectivity index (χ3v) is 5.07. The van der Waals surface area contributed by atoms with Crippen LogP contribution in [0.5, 0.6) is 0 Å². The predicted molar refractivity (Wildman–Crippen MR) is 113 cm³/mol. The first-order chi connectivity index (χ1) is 14.1. The van der Waals surface area contributed by atoms with E-state index in [2.05, 4.69) is 0 Å². The molecule has 0 atom stereocenters. The summed E-state index contributed by atoms with van der Waals surface area (Å²) in [5, 5.41) is 1.42. The Bertz CT molecular complexity index is 1430. The fourth-order valence-corrected chi connectivity index (χ4v) is 3.61. The van der Waals surface area contributed by atoms with E-state index in [-0.39, 0.29) is 16.9 Å². The van der Waals surface area contributed by atoms with Gasteiger partial charge >= 0.3 is 5.63 Å². The zero-order valence-electron chi connectivity index (χ0n) is 15.0. The van der Waals surface area contributed by atoms with Crippen LogP contribution < -0.4 is 5.63 Å². The number of fused-ring (bicyclic) bond motifs is 3. The summed E-state index contributed by atoms with van der Waals surface area (Å²) < 4.78 is 11.6. The maximum Gasteiger partial charge on any atom is 0.348 e. The van der Waals surface area contributed by atoms with E-state index in [1.165, 1.54) is 0 Å². The molecule has 5 aromatic rings. The summed E-state index contributed by atoms with van der Waals surface area (Å²) in [5.74, 6) is -0.215. The summed E-state index contributed by atoms with van der Waals surface area (Å²) in [6.45, 7) is 0. The van der Waals surface area contributed by atoms with Crippen molar-refractivity contribution in [2.24, 2.45) is 0 Å². The van der Waals surface area contributed by atoms with Crippen molar-refractivity contribution in [3.8, 4) is 11.1 Å². The second kappa shape index (κ2) is 6.76. The molecule has 29 heavy (non-hydrogen) atoms. The number of hydrogen-bond acceptors (Lipinski definition) is 4. The van der Waals surface area contributed by atoms with Crippen molar-refractivity contribution in [2.75, 3.05) is 0 Å². The van der Waals surface area contributed by atoms with Gasteiger partial charge in [-0.15, -0.1) is 0 Å². The second-order valence-electron chi connectivity index (χ2n) is 6.60. The monoisotopic (exact) mass is 400 g/mol. The molecule has 2 aromatic heterocycles. The van der Waals surface area contributed by atoms with Crippen molar-refractivity contribution in [3.05, 3.63) is 106 Å². The Labute approximate surface area is 169 Å². The van der Waals surface area contributed by atoms with Crippen LogP contribution in [0.2, 0.25) is 5.02 Å². The number of carbonyl (C=O) groups is 1. The molecule has 0 amide bonds. The molecular formula is C24H13ClO4. The summed E-state index contributed by atoms with van der Waals surface area (Å²) in [6, 6.07) is 22.8. The number of hydrogen-bond donors (Lipinski definition) is 0. The number of carbonyl (C=O) groups excluding carboxylic acids is 1. The highest BCUT2D eigenvalue weighted by Crippen LogP contribution is 2.37. The van der Waals surface area contributed by atoms with Gasteiger partial charge < -0.3 is 8.83 Å². The van der Waals surface area contributed by atoms with Crippen LogP contribution in [0.3, 0.4) is 0 Å². The molecule has 0 aliphatic heterocycles. The predicted octanol–water partition coefficient (Wildman–Crippen LogP) is 6.09. The molecule has 0 bridgehead atoms. The number of para-hydroxylation sites is 1. The molecule has 0 spiro atoms. The molecule has 0 radical (unpaired) electrons. The van der Waals surface area contributed by atoms with Crippen LogP contribution >= 0.6 is 11.6 Å². The zero-order valence-corrected chi connectivity index (χ0v) is 15.8. The van der Waals surface area contributed by atoms with Crippen molar-refractivity contribution in [1.82, 2.24) is 0 Å². The molecule has 0 fully saturated rings. The van der Waals surface area contributed by atoms with E-state index < -0.39 is 5.63 Å². The molecule has 0 saturated heterocycles. The summed E-state index contributed by atoms with van der Waals surface area (Å²) in [4.78, 5) is 26.1. The number of furan rings is 1. The Hall–Kier alpha value is -3.63. The summed E-state index contributed by atoms with van der Waals surface area (Å²) in [7, 11) is 0. The maximum atomic E-state index is 13.3. The Morgan fingerprint density at radius 3 is 2.24 bits per heavy atom. The van der Waals surface area contributed by atoms with Crippen LogP contribution in [0.15, 0.2) is 92.5 Å². The third-order valence-electron chi connectivity index (χ3n) is 4.82. The van der Waals surface area contributed by atoms with Crippen molar-refractivity contribution >= 4 is 39.3 Å². The fraction of sp³-hybridized carbons (Fsp3) is 0. The lowest BCUT2D eigenvalue weighted by atomic mass is 9.98. The average molecular weight is 401 g/mol. The van der Waals surface area contributed by atoms with E-state index in [9.17, 15) is 9.59 Å². The number of benzene rings is 3. The van der Waals surface area contributed by atoms with Crippen LogP contribution in [-0.4, -0.2) is 5.78 Å². The minimum absolute atomic E-state index is 0.0946. The Kier molecular flexibility index (Phi) is 4.07. The average Bonchev–Trinajstić information content (AvgIpc) is 3.16. The summed E-state index contributed by atoms with van der Waals surface area (Å²) in [5.41, 5.74) is 1.70. The zero-order chi connectivity index (χ0) is 20.0. The van der Waals surface area contributed by atoms with Gasteiger partial charge in [0.25, 0.3) is 0 Å². The van der Waals surface area contributed by atoms with Gasteiger partial charge in [-0.05, 0) is 29.8 Å². The molecule has 0 unspecified atom stereocenters. The first kappa shape index (κ1) is 17.5. The van der Waals surface area contributed by atoms with Crippen LogP contribution in [0, 0.1) is 0 Å². The standard InChI is InChI=1S/C24H13ClO4/c25-16-12-10-14(11-13-16)19-20-22(17-8-4-5-9-18(17)28-24(20)27)29-23(19)21(26)15-6-2-1-3-7-15/h1-13H.